The minimum atomic E-state index is -4.71. The van der Waals surface area contributed by atoms with Crippen LogP contribution in [-0.2, 0) is 19.0 Å². The molecule has 4 aromatic rings. The molecule has 1 saturated heterocycles. The molecule has 1 atom stereocenters. The van der Waals surface area contributed by atoms with Gasteiger partial charge in [-0.1, -0.05) is 12.1 Å². The number of oxazole rings is 1. The van der Waals surface area contributed by atoms with E-state index in [2.05, 4.69) is 36.3 Å². The summed E-state index contributed by atoms with van der Waals surface area (Å²) in [6.07, 6.45) is 4.87. The summed E-state index contributed by atoms with van der Waals surface area (Å²) in [5.74, 6) is -0.913. The van der Waals surface area contributed by atoms with Gasteiger partial charge in [0.05, 0.1) is 6.20 Å². The van der Waals surface area contributed by atoms with E-state index in [4.69, 9.17) is 4.42 Å². The summed E-state index contributed by atoms with van der Waals surface area (Å²) in [7, 11) is 0. The number of nitrogens with zero attached hydrogens (tertiary/aromatic N) is 6. The van der Waals surface area contributed by atoms with E-state index in [1.807, 2.05) is 12.1 Å². The van der Waals surface area contributed by atoms with E-state index in [9.17, 15) is 13.2 Å². The largest absolute Gasteiger partial charge is 0.453 e. The molecule has 0 saturated carbocycles. The SMILES string of the molecule is FC(F)(F)c1nc(Nc2ccc3c(c2)CCC(N2CCCC2)CC3)n(-c2cccc(-c3ncco3)n2)n1. The van der Waals surface area contributed by atoms with Crippen LogP contribution in [0.3, 0.4) is 0 Å². The molecule has 11 heteroatoms. The van der Waals surface area contributed by atoms with Crippen molar-refractivity contribution in [3.8, 4) is 17.4 Å². The zero-order valence-corrected chi connectivity index (χ0v) is 20.1. The van der Waals surface area contributed by atoms with E-state index >= 15 is 0 Å². The molecule has 1 unspecified atom stereocenters. The summed E-state index contributed by atoms with van der Waals surface area (Å²) in [5.41, 5.74) is 3.54. The first-order valence-corrected chi connectivity index (χ1v) is 12.5. The van der Waals surface area contributed by atoms with Gasteiger partial charge in [0, 0.05) is 11.7 Å². The molecule has 1 aliphatic carbocycles. The molecule has 1 N–H and O–H groups in total. The second-order valence-corrected chi connectivity index (χ2v) is 9.47. The van der Waals surface area contributed by atoms with Gasteiger partial charge >= 0.3 is 6.18 Å². The van der Waals surface area contributed by atoms with Gasteiger partial charge in [0.25, 0.3) is 5.82 Å². The van der Waals surface area contributed by atoms with Crippen molar-refractivity contribution >= 4 is 11.6 Å². The van der Waals surface area contributed by atoms with Crippen molar-refractivity contribution in [2.24, 2.45) is 0 Å². The fraction of sp³-hybridized carbons (Fsp3) is 0.385. The highest BCUT2D eigenvalue weighted by atomic mass is 19.4. The number of likely N-dealkylation sites (tertiary alicyclic amines) is 1. The number of aromatic nitrogens is 5. The van der Waals surface area contributed by atoms with Crippen LogP contribution in [0, 0.1) is 0 Å². The standard InChI is InChI=1S/C26H26F3N7O/c27-26(28,29)24-33-25(36(34-24)22-5-3-4-21(32-22)23-30-12-15-37-23)31-19-9-6-17-7-10-20(11-8-18(17)16-19)35-13-1-2-14-35/h3-6,9,12,15-16,20H,1-2,7-8,10-11,13-14H2,(H,31,33,34). The van der Waals surface area contributed by atoms with E-state index < -0.39 is 12.0 Å². The molecule has 6 rings (SSSR count). The second-order valence-electron chi connectivity index (χ2n) is 9.47. The van der Waals surface area contributed by atoms with Gasteiger partial charge in [0.2, 0.25) is 11.8 Å². The smallest absolute Gasteiger partial charge is 0.443 e. The predicted octanol–water partition coefficient (Wildman–Crippen LogP) is 5.42. The van der Waals surface area contributed by atoms with Crippen LogP contribution in [0.1, 0.15) is 42.6 Å². The molecule has 0 bridgehead atoms. The molecule has 1 aliphatic heterocycles. The fourth-order valence-corrected chi connectivity index (χ4v) is 5.25. The Balaban J connectivity index is 1.29. The molecular weight excluding hydrogens is 483 g/mol. The van der Waals surface area contributed by atoms with Gasteiger partial charge < -0.3 is 14.6 Å². The summed E-state index contributed by atoms with van der Waals surface area (Å²) < 4.78 is 47.0. The maximum atomic E-state index is 13.6. The molecule has 1 aromatic carbocycles. The minimum absolute atomic E-state index is 0.0760. The van der Waals surface area contributed by atoms with Crippen LogP contribution in [0.15, 0.2) is 53.3 Å². The van der Waals surface area contributed by atoms with E-state index in [0.29, 0.717) is 17.4 Å². The average Bonchev–Trinajstić information content (AvgIpc) is 3.65. The lowest BCUT2D eigenvalue weighted by atomic mass is 10.0. The van der Waals surface area contributed by atoms with E-state index in [-0.39, 0.29) is 17.7 Å². The van der Waals surface area contributed by atoms with E-state index in [0.717, 1.165) is 30.4 Å². The number of pyridine rings is 1. The third-order valence-electron chi connectivity index (χ3n) is 7.08. The summed E-state index contributed by atoms with van der Waals surface area (Å²) in [5, 5.41) is 6.78. The van der Waals surface area contributed by atoms with Gasteiger partial charge in [-0.15, -0.1) is 5.10 Å². The molecule has 2 aliphatic rings. The first kappa shape index (κ1) is 23.7. The Morgan fingerprint density at radius 3 is 2.54 bits per heavy atom. The summed E-state index contributed by atoms with van der Waals surface area (Å²) in [6, 6.07) is 11.4. The summed E-state index contributed by atoms with van der Waals surface area (Å²) in [4.78, 5) is 14.8. The van der Waals surface area contributed by atoms with Crippen LogP contribution in [0.4, 0.5) is 24.8 Å². The third kappa shape index (κ3) is 4.95. The Morgan fingerprint density at radius 2 is 1.78 bits per heavy atom. The highest BCUT2D eigenvalue weighted by molar-refractivity contribution is 5.58. The van der Waals surface area contributed by atoms with E-state index in [1.54, 1.807) is 18.2 Å². The van der Waals surface area contributed by atoms with Gasteiger partial charge in [-0.2, -0.15) is 22.8 Å². The van der Waals surface area contributed by atoms with Crippen molar-refractivity contribution in [3.05, 3.63) is 65.8 Å². The molecule has 0 radical (unpaired) electrons. The molecule has 0 amide bonds. The lowest BCUT2D eigenvalue weighted by molar-refractivity contribution is -0.144. The lowest BCUT2D eigenvalue weighted by Crippen LogP contribution is -2.32. The van der Waals surface area contributed by atoms with Crippen LogP contribution >= 0.6 is 0 Å². The highest BCUT2D eigenvalue weighted by Crippen LogP contribution is 2.32. The number of anilines is 2. The lowest BCUT2D eigenvalue weighted by Gasteiger charge is -2.25. The summed E-state index contributed by atoms with van der Waals surface area (Å²) >= 11 is 0. The zero-order valence-electron chi connectivity index (χ0n) is 20.1. The highest BCUT2D eigenvalue weighted by Gasteiger charge is 2.37. The first-order valence-electron chi connectivity index (χ1n) is 12.5. The topological polar surface area (TPSA) is 84.9 Å². The Labute approximate surface area is 211 Å². The molecule has 4 heterocycles. The number of fused-ring (bicyclic) bond motifs is 1. The molecule has 3 aromatic heterocycles. The number of alkyl halides is 3. The fourth-order valence-electron chi connectivity index (χ4n) is 5.25. The van der Waals surface area contributed by atoms with Gasteiger partial charge in [0.15, 0.2) is 5.82 Å². The third-order valence-corrected chi connectivity index (χ3v) is 7.08. The molecular formula is C26H26F3N7O. The van der Waals surface area contributed by atoms with Crippen molar-refractivity contribution < 1.29 is 17.6 Å². The van der Waals surface area contributed by atoms with Crippen molar-refractivity contribution in [1.82, 2.24) is 29.6 Å². The van der Waals surface area contributed by atoms with Crippen LogP contribution < -0.4 is 5.32 Å². The zero-order chi connectivity index (χ0) is 25.4. The normalized spacial score (nSPS) is 18.5. The molecule has 8 nitrogen and oxygen atoms in total. The molecule has 37 heavy (non-hydrogen) atoms. The monoisotopic (exact) mass is 509 g/mol. The van der Waals surface area contributed by atoms with Gasteiger partial charge in [-0.25, -0.2) is 9.97 Å². The predicted molar refractivity (Wildman–Crippen MR) is 131 cm³/mol. The van der Waals surface area contributed by atoms with Crippen molar-refractivity contribution in [1.29, 1.82) is 0 Å². The van der Waals surface area contributed by atoms with Crippen LogP contribution in [0.25, 0.3) is 17.4 Å². The maximum Gasteiger partial charge on any atom is 0.453 e. The van der Waals surface area contributed by atoms with E-state index in [1.165, 1.54) is 49.5 Å². The Hall–Kier alpha value is -3.73. The molecule has 192 valence electrons. The number of aryl methyl sites for hydroxylation is 2. The van der Waals surface area contributed by atoms with Crippen molar-refractivity contribution in [2.75, 3.05) is 18.4 Å². The first-order chi connectivity index (χ1) is 17.9. The van der Waals surface area contributed by atoms with Gasteiger partial charge in [-0.05, 0) is 87.0 Å². The second kappa shape index (κ2) is 9.62. The number of hydrogen-bond acceptors (Lipinski definition) is 7. The minimum Gasteiger partial charge on any atom is -0.443 e. The molecule has 1 fully saturated rings. The number of halogens is 3. The van der Waals surface area contributed by atoms with Crippen LogP contribution in [-0.4, -0.2) is 48.8 Å². The number of nitrogens with one attached hydrogen (secondary N) is 1. The van der Waals surface area contributed by atoms with Gasteiger partial charge in [-0.3, -0.25) is 0 Å². The Morgan fingerprint density at radius 1 is 0.973 bits per heavy atom. The average molecular weight is 510 g/mol. The van der Waals surface area contributed by atoms with Crippen LogP contribution in [0.2, 0.25) is 0 Å². The number of benzene rings is 1. The van der Waals surface area contributed by atoms with Gasteiger partial charge in [0.1, 0.15) is 12.0 Å². The maximum absolute atomic E-state index is 13.6. The van der Waals surface area contributed by atoms with Crippen molar-refractivity contribution in [3.63, 3.8) is 0 Å². The van der Waals surface area contributed by atoms with Crippen LogP contribution in [0.5, 0.6) is 0 Å². The number of hydrogen-bond donors (Lipinski definition) is 1. The van der Waals surface area contributed by atoms with Crippen molar-refractivity contribution in [2.45, 2.75) is 50.7 Å². The quantitative estimate of drug-likeness (QED) is 0.360. The Kier molecular flexibility index (Phi) is 6.15. The Bertz CT molecular complexity index is 1380. The molecule has 0 spiro atoms. The number of rotatable bonds is 5. The summed E-state index contributed by atoms with van der Waals surface area (Å²) in [6.45, 7) is 2.35.